The molecule has 6 nitrogen and oxygen atoms in total. The van der Waals surface area contributed by atoms with E-state index in [1.807, 2.05) is 31.1 Å². The first-order valence-electron chi connectivity index (χ1n) is 7.27. The number of nitrogens with zero attached hydrogens (tertiary/aromatic N) is 5. The number of aryl methyl sites for hydroxylation is 1. The van der Waals surface area contributed by atoms with Gasteiger partial charge < -0.3 is 4.90 Å². The fourth-order valence-electron chi connectivity index (χ4n) is 2.14. The summed E-state index contributed by atoms with van der Waals surface area (Å²) in [6.45, 7) is 3.06. The predicted octanol–water partition coefficient (Wildman–Crippen LogP) is 3.74. The Labute approximate surface area is 165 Å². The molecule has 25 heavy (non-hydrogen) atoms. The molecule has 10 heteroatoms. The van der Waals surface area contributed by atoms with Crippen LogP contribution in [0.1, 0.15) is 15.4 Å². The molecule has 0 atom stereocenters. The van der Waals surface area contributed by atoms with Crippen molar-refractivity contribution in [3.05, 3.63) is 33.8 Å². The van der Waals surface area contributed by atoms with Crippen LogP contribution in [0.3, 0.4) is 0 Å². The summed E-state index contributed by atoms with van der Waals surface area (Å²) >= 11 is 8.62. The van der Waals surface area contributed by atoms with Gasteiger partial charge in [-0.2, -0.15) is 0 Å². The van der Waals surface area contributed by atoms with Gasteiger partial charge in [0, 0.05) is 18.1 Å². The van der Waals surface area contributed by atoms with Crippen LogP contribution in [-0.2, 0) is 0 Å². The second kappa shape index (κ2) is 8.37. The minimum Gasteiger partial charge on any atom is -0.308 e. The Morgan fingerprint density at radius 3 is 2.68 bits per heavy atom. The Hall–Kier alpha value is -1.32. The van der Waals surface area contributed by atoms with Gasteiger partial charge in [-0.1, -0.05) is 27.4 Å². The third-order valence-corrected chi connectivity index (χ3v) is 5.52. The van der Waals surface area contributed by atoms with Gasteiger partial charge in [-0.25, -0.2) is 4.98 Å². The second-order valence-electron chi connectivity index (χ2n) is 5.56. The van der Waals surface area contributed by atoms with E-state index in [-0.39, 0.29) is 18.3 Å². The highest BCUT2D eigenvalue weighted by atomic mass is 35.5. The molecule has 3 rings (SSSR count). The van der Waals surface area contributed by atoms with Gasteiger partial charge in [0.2, 0.25) is 0 Å². The molecule has 0 saturated carbocycles. The van der Waals surface area contributed by atoms with Gasteiger partial charge in [0.15, 0.2) is 5.13 Å². The van der Waals surface area contributed by atoms with E-state index in [1.165, 1.54) is 11.3 Å². The van der Waals surface area contributed by atoms with Crippen LogP contribution in [0.25, 0.3) is 10.2 Å². The van der Waals surface area contributed by atoms with E-state index in [4.69, 9.17) is 11.6 Å². The maximum atomic E-state index is 13.0. The number of carbonyl (C=O) groups is 1. The lowest BCUT2D eigenvalue weighted by Gasteiger charge is -2.21. The molecule has 3 aromatic rings. The lowest BCUT2D eigenvalue weighted by atomic mass is 10.3. The molecule has 2 aromatic heterocycles. The van der Waals surface area contributed by atoms with Crippen LogP contribution in [0.2, 0.25) is 5.02 Å². The number of amides is 1. The van der Waals surface area contributed by atoms with Crippen molar-refractivity contribution < 1.29 is 4.79 Å². The first kappa shape index (κ1) is 20.0. The zero-order chi connectivity index (χ0) is 17.3. The van der Waals surface area contributed by atoms with Gasteiger partial charge in [0.05, 0.1) is 15.9 Å². The molecule has 2 heterocycles. The van der Waals surface area contributed by atoms with Crippen molar-refractivity contribution in [1.82, 2.24) is 19.5 Å². The quantitative estimate of drug-likeness (QED) is 0.632. The Morgan fingerprint density at radius 2 is 2.04 bits per heavy atom. The van der Waals surface area contributed by atoms with Crippen molar-refractivity contribution in [3.63, 3.8) is 0 Å². The van der Waals surface area contributed by atoms with Gasteiger partial charge in [0.25, 0.3) is 5.91 Å². The lowest BCUT2D eigenvalue weighted by Crippen LogP contribution is -2.36. The molecule has 1 aromatic carbocycles. The van der Waals surface area contributed by atoms with Crippen LogP contribution in [0.5, 0.6) is 0 Å². The molecule has 0 radical (unpaired) electrons. The summed E-state index contributed by atoms with van der Waals surface area (Å²) in [5.41, 5.74) is 1.48. The lowest BCUT2D eigenvalue weighted by molar-refractivity contribution is 0.0988. The van der Waals surface area contributed by atoms with Crippen molar-refractivity contribution in [2.75, 3.05) is 32.1 Å². The number of anilines is 1. The average molecular weight is 418 g/mol. The molecule has 0 N–H and O–H groups in total. The van der Waals surface area contributed by atoms with Crippen LogP contribution in [0.15, 0.2) is 18.2 Å². The van der Waals surface area contributed by atoms with Crippen molar-refractivity contribution in [1.29, 1.82) is 0 Å². The van der Waals surface area contributed by atoms with Crippen LogP contribution in [0, 0.1) is 6.92 Å². The summed E-state index contributed by atoms with van der Waals surface area (Å²) in [7, 11) is 3.95. The number of aromatic nitrogens is 3. The van der Waals surface area contributed by atoms with Crippen LogP contribution >= 0.6 is 46.9 Å². The summed E-state index contributed by atoms with van der Waals surface area (Å²) in [4.78, 5) is 21.8. The predicted molar refractivity (Wildman–Crippen MR) is 107 cm³/mol. The van der Waals surface area contributed by atoms with Crippen LogP contribution in [-0.4, -0.2) is 52.6 Å². The fourth-order valence-corrected chi connectivity index (χ4v) is 4.01. The topological polar surface area (TPSA) is 62.2 Å². The van der Waals surface area contributed by atoms with Crippen molar-refractivity contribution >= 4 is 68.1 Å². The molecular formula is C15H17Cl2N5OS2. The van der Waals surface area contributed by atoms with Crippen molar-refractivity contribution in [3.8, 4) is 0 Å². The summed E-state index contributed by atoms with van der Waals surface area (Å²) < 4.78 is 4.83. The van der Waals surface area contributed by atoms with Gasteiger partial charge in [0.1, 0.15) is 4.88 Å². The molecule has 0 aliphatic rings. The normalized spacial score (nSPS) is 10.9. The number of hydrogen-bond donors (Lipinski definition) is 0. The summed E-state index contributed by atoms with van der Waals surface area (Å²) in [5, 5.41) is 5.26. The minimum absolute atomic E-state index is 0. The van der Waals surface area contributed by atoms with Crippen molar-refractivity contribution in [2.45, 2.75) is 6.92 Å². The first-order chi connectivity index (χ1) is 11.5. The number of rotatable bonds is 5. The third kappa shape index (κ3) is 4.45. The summed E-state index contributed by atoms with van der Waals surface area (Å²) in [6.07, 6.45) is 0. The van der Waals surface area contributed by atoms with Gasteiger partial charge in [-0.05, 0) is 50.8 Å². The van der Waals surface area contributed by atoms with E-state index < -0.39 is 0 Å². The fraction of sp³-hybridized carbons (Fsp3) is 0.333. The van der Waals surface area contributed by atoms with Crippen LogP contribution in [0.4, 0.5) is 5.13 Å². The largest absolute Gasteiger partial charge is 0.308 e. The molecule has 0 saturated heterocycles. The van der Waals surface area contributed by atoms with E-state index in [9.17, 15) is 4.79 Å². The molecule has 0 spiro atoms. The Kier molecular flexibility index (Phi) is 6.70. The number of benzene rings is 1. The van der Waals surface area contributed by atoms with Crippen molar-refractivity contribution in [2.24, 2.45) is 0 Å². The molecule has 0 fully saturated rings. The molecule has 1 amide bonds. The first-order valence-corrected chi connectivity index (χ1v) is 9.24. The SMILES string of the molecule is Cc1nnsc1C(=O)N(CCN(C)C)c1nc2ccc(Cl)cc2s1.Cl. The zero-order valence-corrected chi connectivity index (χ0v) is 17.1. The highest BCUT2D eigenvalue weighted by molar-refractivity contribution is 7.22. The average Bonchev–Trinajstić information content (AvgIpc) is 3.12. The van der Waals surface area contributed by atoms with E-state index in [0.29, 0.717) is 27.3 Å². The Morgan fingerprint density at radius 1 is 1.28 bits per heavy atom. The molecule has 0 unspecified atom stereocenters. The minimum atomic E-state index is -0.116. The highest BCUT2D eigenvalue weighted by Crippen LogP contribution is 2.32. The van der Waals surface area contributed by atoms with Gasteiger partial charge in [-0.15, -0.1) is 17.5 Å². The zero-order valence-electron chi connectivity index (χ0n) is 13.9. The molecular weight excluding hydrogens is 401 g/mol. The number of fused-ring (bicyclic) bond motifs is 1. The number of thiazole rings is 1. The van der Waals surface area contributed by atoms with Gasteiger partial charge in [-0.3, -0.25) is 9.69 Å². The summed E-state index contributed by atoms with van der Waals surface area (Å²) in [5.74, 6) is -0.116. The third-order valence-electron chi connectivity index (χ3n) is 3.43. The number of likely N-dealkylation sites (N-methyl/N-ethyl adjacent to an activating group) is 1. The van der Waals surface area contributed by atoms with Gasteiger partial charge >= 0.3 is 0 Å². The maximum absolute atomic E-state index is 13.0. The molecule has 134 valence electrons. The number of hydrogen-bond acceptors (Lipinski definition) is 7. The highest BCUT2D eigenvalue weighted by Gasteiger charge is 2.24. The van der Waals surface area contributed by atoms with E-state index in [2.05, 4.69) is 14.6 Å². The van der Waals surface area contributed by atoms with E-state index >= 15 is 0 Å². The van der Waals surface area contributed by atoms with E-state index in [1.54, 1.807) is 17.9 Å². The second-order valence-corrected chi connectivity index (χ2v) is 7.76. The smallest absolute Gasteiger partial charge is 0.273 e. The monoisotopic (exact) mass is 417 g/mol. The van der Waals surface area contributed by atoms with E-state index in [0.717, 1.165) is 28.3 Å². The van der Waals surface area contributed by atoms with Crippen LogP contribution < -0.4 is 4.90 Å². The molecule has 0 aliphatic carbocycles. The Balaban J connectivity index is 0.00000225. The standard InChI is InChI=1S/C15H16ClN5OS2.ClH/c1-9-13(24-19-18-9)14(22)21(7-6-20(2)3)15-17-11-5-4-10(16)8-12(11)23-15;/h4-5,8H,6-7H2,1-3H3;1H. The molecule has 0 aliphatic heterocycles. The summed E-state index contributed by atoms with van der Waals surface area (Å²) in [6, 6.07) is 5.54. The Bertz CT molecular complexity index is 880. The number of carbonyl (C=O) groups excluding carboxylic acids is 1. The number of halogens is 2. The molecule has 0 bridgehead atoms. The maximum Gasteiger partial charge on any atom is 0.273 e.